The Balaban J connectivity index is 2.09. The van der Waals surface area contributed by atoms with Gasteiger partial charge in [-0.15, -0.1) is 0 Å². The molecule has 0 aromatic heterocycles. The average Bonchev–Trinajstić information content (AvgIpc) is 2.33. The quantitative estimate of drug-likeness (QED) is 0.525. The fraction of sp³-hybridized carbons (Fsp3) is 0.300. The molecule has 1 aromatic rings. The predicted molar refractivity (Wildman–Crippen MR) is 63.9 cm³/mol. The summed E-state index contributed by atoms with van der Waals surface area (Å²) in [5.74, 6) is 0. The topological polar surface area (TPSA) is 93.8 Å². The Morgan fingerprint density at radius 2 is 2.12 bits per heavy atom. The average molecular weight is 258 g/mol. The Bertz CT molecular complexity index is 334. The summed E-state index contributed by atoms with van der Waals surface area (Å²) in [6.07, 6.45) is -0.531. The maximum absolute atomic E-state index is 11.2. The van der Waals surface area contributed by atoms with Gasteiger partial charge in [-0.1, -0.05) is 30.3 Å². The Kier molecular flexibility index (Phi) is 6.50. The maximum atomic E-state index is 11.2. The van der Waals surface area contributed by atoms with Crippen molar-refractivity contribution >= 4 is 14.6 Å². The van der Waals surface area contributed by atoms with Crippen molar-refractivity contribution in [2.24, 2.45) is 5.50 Å². The van der Waals surface area contributed by atoms with Gasteiger partial charge in [0.25, 0.3) is 0 Å². The molecule has 4 N–H and O–H groups in total. The van der Waals surface area contributed by atoms with Crippen molar-refractivity contribution in [1.82, 2.24) is 5.32 Å². The fourth-order valence-corrected chi connectivity index (χ4v) is 1.34. The van der Waals surface area contributed by atoms with Crippen molar-refractivity contribution < 1.29 is 18.9 Å². The molecular weight excluding hydrogens is 243 g/mol. The number of nitrogens with one attached hydrogen (secondary N) is 1. The van der Waals surface area contributed by atoms with Gasteiger partial charge in [0.05, 0.1) is 6.61 Å². The minimum Gasteiger partial charge on any atom is -0.445 e. The third-order valence-corrected chi connectivity index (χ3v) is 2.25. The van der Waals surface area contributed by atoms with Crippen LogP contribution < -0.4 is 10.8 Å². The highest BCUT2D eigenvalue weighted by molar-refractivity contribution is 7.43. The highest BCUT2D eigenvalue weighted by atomic mass is 31.2. The number of hydrogen-bond donors (Lipinski definition) is 3. The fourth-order valence-electron chi connectivity index (χ4n) is 1.07. The number of rotatable bonds is 6. The highest BCUT2D eigenvalue weighted by Crippen LogP contribution is 2.17. The van der Waals surface area contributed by atoms with Crippen molar-refractivity contribution in [3.05, 3.63) is 35.9 Å². The first-order valence-corrected chi connectivity index (χ1v) is 6.28. The van der Waals surface area contributed by atoms with Gasteiger partial charge in [-0.3, -0.25) is 5.50 Å². The molecule has 0 aliphatic rings. The molecule has 6 nitrogen and oxygen atoms in total. The molecule has 0 spiro atoms. The van der Waals surface area contributed by atoms with Crippen molar-refractivity contribution in [1.29, 1.82) is 0 Å². The molecule has 1 rings (SSSR count). The minimum atomic E-state index is -1.87. The van der Waals surface area contributed by atoms with Crippen LogP contribution in [0.3, 0.4) is 0 Å². The van der Waals surface area contributed by atoms with Gasteiger partial charge in [0, 0.05) is 6.54 Å². The van der Waals surface area contributed by atoms with Crippen LogP contribution in [-0.2, 0) is 15.9 Å². The third kappa shape index (κ3) is 6.86. The van der Waals surface area contributed by atoms with Gasteiger partial charge in [0.15, 0.2) is 0 Å². The summed E-state index contributed by atoms with van der Waals surface area (Å²) in [4.78, 5) is 19.8. The van der Waals surface area contributed by atoms with E-state index in [1.54, 1.807) is 0 Å². The zero-order chi connectivity index (χ0) is 12.5. The Morgan fingerprint density at radius 3 is 2.76 bits per heavy atom. The monoisotopic (exact) mass is 258 g/mol. The first-order chi connectivity index (χ1) is 8.18. The lowest BCUT2D eigenvalue weighted by Crippen LogP contribution is -2.27. The first-order valence-electron chi connectivity index (χ1n) is 4.99. The summed E-state index contributed by atoms with van der Waals surface area (Å²) in [6.45, 7) is 0.612. The molecule has 0 saturated heterocycles. The Labute approximate surface area is 101 Å². The van der Waals surface area contributed by atoms with Crippen LogP contribution in [0.2, 0.25) is 0 Å². The molecule has 1 amide bonds. The number of benzene rings is 1. The number of nitrogens with two attached hydrogens (primary N) is 1. The lowest BCUT2D eigenvalue weighted by molar-refractivity contribution is 0.137. The molecule has 0 radical (unpaired) electrons. The second-order valence-electron chi connectivity index (χ2n) is 3.12. The molecule has 1 aromatic carbocycles. The molecule has 1 atom stereocenters. The number of carbonyl (C=O) groups excluding carboxylic acids is 1. The predicted octanol–water partition coefficient (Wildman–Crippen LogP) is 1.11. The van der Waals surface area contributed by atoms with E-state index in [0.717, 1.165) is 5.56 Å². The normalized spacial score (nSPS) is 11.9. The number of amides is 1. The van der Waals surface area contributed by atoms with Crippen molar-refractivity contribution in [2.75, 3.05) is 13.2 Å². The SMILES string of the molecule is NP(O)OCCNC(=O)OCc1ccccc1. The van der Waals surface area contributed by atoms with Crippen molar-refractivity contribution in [3.8, 4) is 0 Å². The van der Waals surface area contributed by atoms with Gasteiger partial charge in [-0.05, 0) is 5.56 Å². The Morgan fingerprint density at radius 1 is 1.41 bits per heavy atom. The van der Waals surface area contributed by atoms with Crippen LogP contribution in [0.1, 0.15) is 5.56 Å². The molecule has 0 bridgehead atoms. The van der Waals surface area contributed by atoms with Gasteiger partial charge < -0.3 is 19.5 Å². The van der Waals surface area contributed by atoms with E-state index in [-0.39, 0.29) is 19.8 Å². The molecule has 0 aliphatic carbocycles. The van der Waals surface area contributed by atoms with E-state index in [1.807, 2.05) is 30.3 Å². The van der Waals surface area contributed by atoms with Gasteiger partial charge in [-0.25, -0.2) is 4.79 Å². The second-order valence-corrected chi connectivity index (χ2v) is 3.99. The van der Waals surface area contributed by atoms with Crippen LogP contribution in [0.5, 0.6) is 0 Å². The molecule has 0 heterocycles. The number of carbonyl (C=O) groups is 1. The van der Waals surface area contributed by atoms with E-state index in [1.165, 1.54) is 0 Å². The van der Waals surface area contributed by atoms with E-state index < -0.39 is 14.6 Å². The van der Waals surface area contributed by atoms with Crippen LogP contribution in [0.4, 0.5) is 4.79 Å². The van der Waals surface area contributed by atoms with E-state index >= 15 is 0 Å². The van der Waals surface area contributed by atoms with Crippen LogP contribution in [0.25, 0.3) is 0 Å². The summed E-state index contributed by atoms with van der Waals surface area (Å²) in [5, 5.41) is 2.47. The van der Waals surface area contributed by atoms with E-state index in [0.29, 0.717) is 0 Å². The zero-order valence-corrected chi connectivity index (χ0v) is 10.1. The number of hydrogen-bond acceptors (Lipinski definition) is 5. The van der Waals surface area contributed by atoms with Crippen LogP contribution in [0.15, 0.2) is 30.3 Å². The second kappa shape index (κ2) is 7.97. The van der Waals surface area contributed by atoms with Gasteiger partial charge >= 0.3 is 6.09 Å². The summed E-state index contributed by atoms with van der Waals surface area (Å²) in [7, 11) is -1.87. The smallest absolute Gasteiger partial charge is 0.407 e. The maximum Gasteiger partial charge on any atom is 0.407 e. The largest absolute Gasteiger partial charge is 0.445 e. The van der Waals surface area contributed by atoms with Gasteiger partial charge in [0.2, 0.25) is 8.53 Å². The van der Waals surface area contributed by atoms with Crippen LogP contribution >= 0.6 is 8.53 Å². The molecule has 1 unspecified atom stereocenters. The molecule has 0 fully saturated rings. The van der Waals surface area contributed by atoms with E-state index in [4.69, 9.17) is 15.1 Å². The van der Waals surface area contributed by atoms with Gasteiger partial charge in [-0.2, -0.15) is 0 Å². The third-order valence-electron chi connectivity index (χ3n) is 1.81. The number of alkyl carbamates (subject to hydrolysis) is 1. The van der Waals surface area contributed by atoms with E-state index in [2.05, 4.69) is 9.84 Å². The molecule has 94 valence electrons. The lowest BCUT2D eigenvalue weighted by Gasteiger charge is -2.08. The Hall–Kier alpha value is -1.20. The standard InChI is InChI=1S/C10H15N2O4P/c11-17(14)16-7-6-12-10(13)15-8-9-4-2-1-3-5-9/h1-5,14H,6-8,11H2,(H,12,13). The highest BCUT2D eigenvalue weighted by Gasteiger charge is 2.02. The van der Waals surface area contributed by atoms with Crippen LogP contribution in [0, 0.1) is 0 Å². The summed E-state index contributed by atoms with van der Waals surface area (Å²) >= 11 is 0. The molecular formula is C10H15N2O4P. The molecule has 0 aliphatic heterocycles. The van der Waals surface area contributed by atoms with E-state index in [9.17, 15) is 4.79 Å². The first kappa shape index (κ1) is 13.9. The van der Waals surface area contributed by atoms with Crippen LogP contribution in [-0.4, -0.2) is 24.1 Å². The minimum absolute atomic E-state index is 0.152. The van der Waals surface area contributed by atoms with Gasteiger partial charge in [0.1, 0.15) is 6.61 Å². The molecule has 7 heteroatoms. The van der Waals surface area contributed by atoms with Crippen molar-refractivity contribution in [2.45, 2.75) is 6.61 Å². The molecule has 0 saturated carbocycles. The number of ether oxygens (including phenoxy) is 1. The summed E-state index contributed by atoms with van der Waals surface area (Å²) in [5.41, 5.74) is 5.91. The summed E-state index contributed by atoms with van der Waals surface area (Å²) in [6, 6.07) is 9.36. The zero-order valence-electron chi connectivity index (χ0n) is 9.20. The molecule has 17 heavy (non-hydrogen) atoms. The summed E-state index contributed by atoms with van der Waals surface area (Å²) < 4.78 is 9.62. The van der Waals surface area contributed by atoms with Crippen molar-refractivity contribution in [3.63, 3.8) is 0 Å². The lowest BCUT2D eigenvalue weighted by atomic mass is 10.2.